The van der Waals surface area contributed by atoms with E-state index in [1.807, 2.05) is 7.05 Å². The average molecular weight is 424 g/mol. The molecule has 4 nitrogen and oxygen atoms in total. The molecule has 1 aromatic heterocycles. The van der Waals surface area contributed by atoms with Crippen molar-refractivity contribution in [3.05, 3.63) is 22.4 Å². The lowest BCUT2D eigenvalue weighted by atomic mass is 10.2. The molecule has 0 saturated carbocycles. The van der Waals surface area contributed by atoms with E-state index in [-0.39, 0.29) is 24.0 Å². The number of aliphatic imine (C=N–C) groups is 1. The van der Waals surface area contributed by atoms with Crippen molar-refractivity contribution in [2.24, 2.45) is 4.99 Å². The van der Waals surface area contributed by atoms with E-state index >= 15 is 0 Å². The minimum absolute atomic E-state index is 0. The molecule has 0 aliphatic carbocycles. The predicted octanol–water partition coefficient (Wildman–Crippen LogP) is 3.28. The second-order valence-electron chi connectivity index (χ2n) is 5.20. The zero-order chi connectivity index (χ0) is 15.0. The average Bonchev–Trinajstić information content (AvgIpc) is 2.94. The van der Waals surface area contributed by atoms with Gasteiger partial charge in [0.15, 0.2) is 5.96 Å². The molecule has 1 heterocycles. The first kappa shape index (κ1) is 20.7. The van der Waals surface area contributed by atoms with Gasteiger partial charge in [0.1, 0.15) is 0 Å². The summed E-state index contributed by atoms with van der Waals surface area (Å²) in [5.41, 5.74) is 0. The number of guanidine groups is 1. The van der Waals surface area contributed by atoms with Gasteiger partial charge in [0.25, 0.3) is 0 Å². The van der Waals surface area contributed by atoms with E-state index in [0.717, 1.165) is 19.0 Å². The SMILES string of the molecule is CCCCN(C)C(=NC)NCC(c1cccs1)N(C)C.I. The van der Waals surface area contributed by atoms with E-state index in [4.69, 9.17) is 0 Å². The third-order valence-corrected chi connectivity index (χ3v) is 4.34. The molecular formula is C15H29IN4S. The van der Waals surface area contributed by atoms with Crippen molar-refractivity contribution in [2.75, 3.05) is 41.3 Å². The summed E-state index contributed by atoms with van der Waals surface area (Å²) in [5.74, 6) is 0.974. The fourth-order valence-electron chi connectivity index (χ4n) is 2.09. The normalized spacial score (nSPS) is 13.0. The molecule has 0 aromatic carbocycles. The number of unbranched alkanes of at least 4 members (excludes halogenated alkanes) is 1. The van der Waals surface area contributed by atoms with Gasteiger partial charge in [0, 0.05) is 32.1 Å². The number of hydrogen-bond donors (Lipinski definition) is 1. The van der Waals surface area contributed by atoms with Crippen molar-refractivity contribution in [1.29, 1.82) is 0 Å². The second kappa shape index (κ2) is 11.3. The number of nitrogens with zero attached hydrogens (tertiary/aromatic N) is 3. The summed E-state index contributed by atoms with van der Waals surface area (Å²) in [5, 5.41) is 5.62. The van der Waals surface area contributed by atoms with Crippen molar-refractivity contribution < 1.29 is 0 Å². The fraction of sp³-hybridized carbons (Fsp3) is 0.667. The molecule has 6 heteroatoms. The monoisotopic (exact) mass is 424 g/mol. The summed E-state index contributed by atoms with van der Waals surface area (Å²) < 4.78 is 0. The van der Waals surface area contributed by atoms with Crippen LogP contribution in [0.25, 0.3) is 0 Å². The van der Waals surface area contributed by atoms with Crippen LogP contribution in [0.5, 0.6) is 0 Å². The first-order valence-corrected chi connectivity index (χ1v) is 8.09. The van der Waals surface area contributed by atoms with Crippen molar-refractivity contribution in [1.82, 2.24) is 15.1 Å². The maximum absolute atomic E-state index is 4.37. The van der Waals surface area contributed by atoms with Crippen LogP contribution in [-0.2, 0) is 0 Å². The zero-order valence-electron chi connectivity index (χ0n) is 13.8. The van der Waals surface area contributed by atoms with Crippen LogP contribution in [0.3, 0.4) is 0 Å². The van der Waals surface area contributed by atoms with Gasteiger partial charge in [0.05, 0.1) is 6.04 Å². The zero-order valence-corrected chi connectivity index (χ0v) is 16.9. The number of nitrogens with one attached hydrogen (secondary N) is 1. The van der Waals surface area contributed by atoms with Crippen LogP contribution in [0.1, 0.15) is 30.7 Å². The summed E-state index contributed by atoms with van der Waals surface area (Å²) in [6.45, 7) is 4.13. The molecule has 0 bridgehead atoms. The Morgan fingerprint density at radius 2 is 2.10 bits per heavy atom. The van der Waals surface area contributed by atoms with Gasteiger partial charge >= 0.3 is 0 Å². The lowest BCUT2D eigenvalue weighted by Crippen LogP contribution is -2.42. The van der Waals surface area contributed by atoms with Gasteiger partial charge < -0.3 is 15.1 Å². The number of thiophene rings is 1. The molecule has 1 rings (SSSR count). The van der Waals surface area contributed by atoms with Gasteiger partial charge in [-0.25, -0.2) is 0 Å². The van der Waals surface area contributed by atoms with E-state index in [2.05, 4.69) is 65.7 Å². The van der Waals surface area contributed by atoms with Crippen molar-refractivity contribution >= 4 is 41.3 Å². The standard InChI is InChI=1S/C15H28N4S.HI/c1-6-7-10-19(5)15(16-2)17-12-13(18(3)4)14-9-8-11-20-14;/h8-9,11,13H,6-7,10,12H2,1-5H3,(H,16,17);1H. The molecule has 0 spiro atoms. The predicted molar refractivity (Wildman–Crippen MR) is 105 cm³/mol. The highest BCUT2D eigenvalue weighted by Crippen LogP contribution is 2.22. The quantitative estimate of drug-likeness (QED) is 0.414. The Morgan fingerprint density at radius 3 is 2.57 bits per heavy atom. The number of likely N-dealkylation sites (N-methyl/N-ethyl adjacent to an activating group) is 1. The summed E-state index contributed by atoms with van der Waals surface area (Å²) in [4.78, 5) is 10.2. The van der Waals surface area contributed by atoms with E-state index < -0.39 is 0 Å². The minimum Gasteiger partial charge on any atom is -0.354 e. The van der Waals surface area contributed by atoms with E-state index in [1.165, 1.54) is 17.7 Å². The molecule has 122 valence electrons. The Morgan fingerprint density at radius 1 is 1.38 bits per heavy atom. The maximum atomic E-state index is 4.37. The summed E-state index contributed by atoms with van der Waals surface area (Å²) in [6.07, 6.45) is 2.40. The van der Waals surface area contributed by atoms with Crippen LogP contribution < -0.4 is 5.32 Å². The third kappa shape index (κ3) is 6.97. The van der Waals surface area contributed by atoms with Crippen LogP contribution in [0, 0.1) is 0 Å². The van der Waals surface area contributed by atoms with Gasteiger partial charge in [-0.1, -0.05) is 19.4 Å². The first-order chi connectivity index (χ1) is 9.60. The van der Waals surface area contributed by atoms with Gasteiger partial charge in [-0.2, -0.15) is 0 Å². The Kier molecular flexibility index (Phi) is 11.1. The molecule has 0 fully saturated rings. The highest BCUT2D eigenvalue weighted by atomic mass is 127. The molecular weight excluding hydrogens is 395 g/mol. The smallest absolute Gasteiger partial charge is 0.193 e. The summed E-state index contributed by atoms with van der Waals surface area (Å²) >= 11 is 1.81. The van der Waals surface area contributed by atoms with Crippen molar-refractivity contribution in [3.8, 4) is 0 Å². The summed E-state index contributed by atoms with van der Waals surface area (Å²) in [7, 11) is 8.19. The molecule has 0 aliphatic heterocycles. The molecule has 1 unspecified atom stereocenters. The third-order valence-electron chi connectivity index (χ3n) is 3.37. The van der Waals surface area contributed by atoms with Crippen molar-refractivity contribution in [3.63, 3.8) is 0 Å². The fourth-order valence-corrected chi connectivity index (χ4v) is 3.02. The highest BCUT2D eigenvalue weighted by molar-refractivity contribution is 14.0. The lowest BCUT2D eigenvalue weighted by molar-refractivity contribution is 0.299. The molecule has 0 radical (unpaired) electrons. The molecule has 0 aliphatic rings. The molecule has 0 saturated heterocycles. The molecule has 1 atom stereocenters. The number of halogens is 1. The van der Waals surface area contributed by atoms with Crippen LogP contribution in [-0.4, -0.2) is 57.0 Å². The topological polar surface area (TPSA) is 30.9 Å². The highest BCUT2D eigenvalue weighted by Gasteiger charge is 2.16. The largest absolute Gasteiger partial charge is 0.354 e. The Labute approximate surface area is 150 Å². The van der Waals surface area contributed by atoms with Crippen LogP contribution in [0.2, 0.25) is 0 Å². The molecule has 0 amide bonds. The Balaban J connectivity index is 0.00000400. The van der Waals surface area contributed by atoms with E-state index in [0.29, 0.717) is 6.04 Å². The lowest BCUT2D eigenvalue weighted by Gasteiger charge is -2.27. The van der Waals surface area contributed by atoms with Gasteiger partial charge in [-0.05, 0) is 32.0 Å². The second-order valence-corrected chi connectivity index (χ2v) is 6.18. The van der Waals surface area contributed by atoms with Gasteiger partial charge in [0.2, 0.25) is 0 Å². The first-order valence-electron chi connectivity index (χ1n) is 7.21. The number of rotatable bonds is 7. The Hall–Kier alpha value is -0.340. The van der Waals surface area contributed by atoms with Gasteiger partial charge in [-0.3, -0.25) is 4.99 Å². The van der Waals surface area contributed by atoms with Gasteiger partial charge in [-0.15, -0.1) is 35.3 Å². The van der Waals surface area contributed by atoms with Crippen LogP contribution >= 0.6 is 35.3 Å². The van der Waals surface area contributed by atoms with Crippen molar-refractivity contribution in [2.45, 2.75) is 25.8 Å². The van der Waals surface area contributed by atoms with Crippen LogP contribution in [0.15, 0.2) is 22.5 Å². The molecule has 1 aromatic rings. The minimum atomic E-state index is 0. The summed E-state index contributed by atoms with van der Waals surface area (Å²) in [6, 6.07) is 4.69. The van der Waals surface area contributed by atoms with E-state index in [9.17, 15) is 0 Å². The van der Waals surface area contributed by atoms with E-state index in [1.54, 1.807) is 11.3 Å². The Bertz CT molecular complexity index is 392. The molecule has 1 N–H and O–H groups in total. The maximum Gasteiger partial charge on any atom is 0.193 e. The number of hydrogen-bond acceptors (Lipinski definition) is 3. The van der Waals surface area contributed by atoms with Crippen LogP contribution in [0.4, 0.5) is 0 Å². The molecule has 21 heavy (non-hydrogen) atoms.